The third kappa shape index (κ3) is 2.80. The third-order valence-electron chi connectivity index (χ3n) is 4.76. The van der Waals surface area contributed by atoms with E-state index in [1.165, 1.54) is 35.4 Å². The molecule has 1 saturated carbocycles. The molecular formula is C16H26N2OS. The lowest BCUT2D eigenvalue weighted by Gasteiger charge is -2.47. The fourth-order valence-electron chi connectivity index (χ4n) is 3.69. The Morgan fingerprint density at radius 1 is 1.40 bits per heavy atom. The highest BCUT2D eigenvalue weighted by Crippen LogP contribution is 2.36. The van der Waals surface area contributed by atoms with Crippen LogP contribution in [0.25, 0.3) is 0 Å². The minimum absolute atomic E-state index is 0.384. The lowest BCUT2D eigenvalue weighted by molar-refractivity contribution is -0.102. The molecule has 2 fully saturated rings. The molecule has 0 amide bonds. The summed E-state index contributed by atoms with van der Waals surface area (Å²) in [6.45, 7) is 4.83. The van der Waals surface area contributed by atoms with E-state index >= 15 is 0 Å². The molecular weight excluding hydrogens is 268 g/mol. The van der Waals surface area contributed by atoms with E-state index in [0.29, 0.717) is 24.7 Å². The summed E-state index contributed by atoms with van der Waals surface area (Å²) >= 11 is 1.94. The van der Waals surface area contributed by atoms with Gasteiger partial charge < -0.3 is 10.5 Å². The number of fused-ring (bicyclic) bond motifs is 1. The summed E-state index contributed by atoms with van der Waals surface area (Å²) in [5.41, 5.74) is 6.13. The van der Waals surface area contributed by atoms with Crippen LogP contribution in [0.15, 0.2) is 12.1 Å². The topological polar surface area (TPSA) is 38.5 Å². The molecule has 1 aliphatic heterocycles. The van der Waals surface area contributed by atoms with Gasteiger partial charge in [-0.3, -0.25) is 4.90 Å². The molecule has 1 saturated heterocycles. The molecule has 20 heavy (non-hydrogen) atoms. The largest absolute Gasteiger partial charge is 0.375 e. The van der Waals surface area contributed by atoms with Crippen LogP contribution in [0.3, 0.4) is 0 Å². The molecule has 0 bridgehead atoms. The van der Waals surface area contributed by atoms with E-state index in [9.17, 15) is 0 Å². The molecule has 1 aromatic heterocycles. The second kappa shape index (κ2) is 6.56. The molecule has 0 aromatic carbocycles. The van der Waals surface area contributed by atoms with Crippen molar-refractivity contribution in [2.24, 2.45) is 5.73 Å². The van der Waals surface area contributed by atoms with Crippen LogP contribution >= 0.6 is 11.3 Å². The lowest BCUT2D eigenvalue weighted by Crippen LogP contribution is -2.54. The predicted molar refractivity (Wildman–Crippen MR) is 84.2 cm³/mol. The summed E-state index contributed by atoms with van der Waals surface area (Å²) in [6.07, 6.45) is 6.72. The zero-order valence-corrected chi connectivity index (χ0v) is 13.2. The number of rotatable bonds is 4. The maximum absolute atomic E-state index is 6.13. The Balaban J connectivity index is 1.80. The summed E-state index contributed by atoms with van der Waals surface area (Å²) in [4.78, 5) is 5.54. The highest BCUT2D eigenvalue weighted by Gasteiger charge is 2.37. The number of ether oxygens (including phenoxy) is 1. The first-order chi connectivity index (χ1) is 9.83. The molecule has 4 heteroatoms. The van der Waals surface area contributed by atoms with E-state index in [0.717, 1.165) is 19.6 Å². The number of aryl methyl sites for hydroxylation is 1. The minimum Gasteiger partial charge on any atom is -0.375 e. The average molecular weight is 294 g/mol. The van der Waals surface area contributed by atoms with Gasteiger partial charge in [0.05, 0.1) is 18.8 Å². The first kappa shape index (κ1) is 14.5. The van der Waals surface area contributed by atoms with Gasteiger partial charge in [-0.05, 0) is 31.4 Å². The van der Waals surface area contributed by atoms with Crippen molar-refractivity contribution in [2.45, 2.75) is 57.2 Å². The van der Waals surface area contributed by atoms with Gasteiger partial charge in [0.25, 0.3) is 0 Å². The number of nitrogens with zero attached hydrogens (tertiary/aromatic N) is 1. The van der Waals surface area contributed by atoms with Crippen LogP contribution in [0.2, 0.25) is 0 Å². The standard InChI is InChI=1S/C16H26N2OS/c1-2-12-7-8-16(20-12)14(11-17)18-9-10-19-15-6-4-3-5-13(15)18/h7-8,13-15H,2-6,9-11,17H2,1H3. The first-order valence-corrected chi connectivity index (χ1v) is 8.81. The zero-order valence-electron chi connectivity index (χ0n) is 12.4. The molecule has 0 spiro atoms. The summed E-state index contributed by atoms with van der Waals surface area (Å²) < 4.78 is 5.99. The molecule has 1 aliphatic carbocycles. The Bertz CT molecular complexity index is 432. The van der Waals surface area contributed by atoms with Gasteiger partial charge in [-0.2, -0.15) is 0 Å². The molecule has 2 heterocycles. The van der Waals surface area contributed by atoms with Gasteiger partial charge in [-0.1, -0.05) is 19.8 Å². The Morgan fingerprint density at radius 3 is 3.00 bits per heavy atom. The number of hydrogen-bond donors (Lipinski definition) is 1. The quantitative estimate of drug-likeness (QED) is 0.928. The number of morpholine rings is 1. The van der Waals surface area contributed by atoms with E-state index in [4.69, 9.17) is 10.5 Å². The number of nitrogens with two attached hydrogens (primary N) is 1. The minimum atomic E-state index is 0.384. The molecule has 112 valence electrons. The Kier molecular flexibility index (Phi) is 4.76. The van der Waals surface area contributed by atoms with Crippen LogP contribution in [0.1, 0.15) is 48.4 Å². The Labute approximate surface area is 126 Å². The fourth-order valence-corrected chi connectivity index (χ4v) is 4.78. The molecule has 3 atom stereocenters. The van der Waals surface area contributed by atoms with Crippen molar-refractivity contribution in [1.29, 1.82) is 0 Å². The van der Waals surface area contributed by atoms with Crippen LogP contribution in [0.5, 0.6) is 0 Å². The van der Waals surface area contributed by atoms with Crippen molar-refractivity contribution in [3.05, 3.63) is 21.9 Å². The van der Waals surface area contributed by atoms with Crippen LogP contribution in [-0.2, 0) is 11.2 Å². The van der Waals surface area contributed by atoms with Gasteiger partial charge >= 0.3 is 0 Å². The summed E-state index contributed by atoms with van der Waals surface area (Å²) in [5, 5.41) is 0. The first-order valence-electron chi connectivity index (χ1n) is 7.99. The predicted octanol–water partition coefficient (Wildman–Crippen LogP) is 2.95. The van der Waals surface area contributed by atoms with Gasteiger partial charge in [-0.15, -0.1) is 11.3 Å². The maximum atomic E-state index is 6.13. The van der Waals surface area contributed by atoms with Gasteiger partial charge in [0.1, 0.15) is 0 Å². The van der Waals surface area contributed by atoms with Crippen LogP contribution in [0, 0.1) is 0 Å². The summed E-state index contributed by atoms with van der Waals surface area (Å²) in [6, 6.07) is 5.52. The average Bonchev–Trinajstić information content (AvgIpc) is 2.97. The lowest BCUT2D eigenvalue weighted by atomic mass is 9.89. The van der Waals surface area contributed by atoms with Crippen molar-refractivity contribution < 1.29 is 4.74 Å². The van der Waals surface area contributed by atoms with E-state index in [1.807, 2.05) is 11.3 Å². The van der Waals surface area contributed by atoms with E-state index in [-0.39, 0.29) is 0 Å². The van der Waals surface area contributed by atoms with Crippen molar-refractivity contribution in [3.63, 3.8) is 0 Å². The smallest absolute Gasteiger partial charge is 0.0731 e. The SMILES string of the molecule is CCc1ccc(C(CN)N2CCOC3CCCCC32)s1. The molecule has 3 unspecified atom stereocenters. The van der Waals surface area contributed by atoms with E-state index < -0.39 is 0 Å². The molecule has 3 nitrogen and oxygen atoms in total. The molecule has 3 rings (SSSR count). The van der Waals surface area contributed by atoms with Crippen LogP contribution < -0.4 is 5.73 Å². The monoisotopic (exact) mass is 294 g/mol. The molecule has 2 N–H and O–H groups in total. The van der Waals surface area contributed by atoms with E-state index in [2.05, 4.69) is 24.0 Å². The van der Waals surface area contributed by atoms with E-state index in [1.54, 1.807) is 0 Å². The van der Waals surface area contributed by atoms with Gasteiger partial charge in [0.2, 0.25) is 0 Å². The maximum Gasteiger partial charge on any atom is 0.0731 e. The summed E-state index contributed by atoms with van der Waals surface area (Å²) in [7, 11) is 0. The number of hydrogen-bond acceptors (Lipinski definition) is 4. The van der Waals surface area contributed by atoms with Gasteiger partial charge in [-0.25, -0.2) is 0 Å². The molecule has 2 aliphatic rings. The highest BCUT2D eigenvalue weighted by atomic mass is 32.1. The normalized spacial score (nSPS) is 29.1. The highest BCUT2D eigenvalue weighted by molar-refractivity contribution is 7.12. The van der Waals surface area contributed by atoms with Gasteiger partial charge in [0.15, 0.2) is 0 Å². The second-order valence-electron chi connectivity index (χ2n) is 5.91. The fraction of sp³-hybridized carbons (Fsp3) is 0.750. The number of thiophene rings is 1. The Hall–Kier alpha value is -0.420. The third-order valence-corrected chi connectivity index (χ3v) is 6.09. The van der Waals surface area contributed by atoms with Crippen LogP contribution in [0.4, 0.5) is 0 Å². The van der Waals surface area contributed by atoms with Crippen LogP contribution in [-0.4, -0.2) is 36.7 Å². The molecule has 1 aromatic rings. The summed E-state index contributed by atoms with van der Waals surface area (Å²) in [5.74, 6) is 0. The van der Waals surface area contributed by atoms with Crippen molar-refractivity contribution in [2.75, 3.05) is 19.7 Å². The second-order valence-corrected chi connectivity index (χ2v) is 7.11. The Morgan fingerprint density at radius 2 is 2.25 bits per heavy atom. The zero-order chi connectivity index (χ0) is 13.9. The molecule has 0 radical (unpaired) electrons. The van der Waals surface area contributed by atoms with Gasteiger partial charge in [0, 0.05) is 28.9 Å². The van der Waals surface area contributed by atoms with Crippen molar-refractivity contribution in [1.82, 2.24) is 4.90 Å². The van der Waals surface area contributed by atoms with Crippen molar-refractivity contribution in [3.8, 4) is 0 Å². The van der Waals surface area contributed by atoms with Crippen molar-refractivity contribution >= 4 is 11.3 Å².